The summed E-state index contributed by atoms with van der Waals surface area (Å²) in [7, 11) is 2.05. The first-order valence-electron chi connectivity index (χ1n) is 4.43. The van der Waals surface area contributed by atoms with Crippen molar-refractivity contribution in [3.63, 3.8) is 0 Å². The first kappa shape index (κ1) is 9.84. The van der Waals surface area contributed by atoms with Crippen LogP contribution in [0.2, 0.25) is 0 Å². The molecule has 0 heterocycles. The maximum absolute atomic E-state index is 10.8. The number of hydrogen-bond donors (Lipinski definition) is 1. The molecule has 0 aliphatic carbocycles. The minimum atomic E-state index is 0.00834. The van der Waals surface area contributed by atoms with Crippen LogP contribution < -0.4 is 10.8 Å². The number of benzene rings is 1. The topological polar surface area (TPSA) is 29.1 Å². The largest absolute Gasteiger partial charge is 0.350 e. The summed E-state index contributed by atoms with van der Waals surface area (Å²) >= 11 is 0. The molecular weight excluding hydrogens is 161 g/mol. The summed E-state index contributed by atoms with van der Waals surface area (Å²) in [6.07, 6.45) is 0. The van der Waals surface area contributed by atoms with Gasteiger partial charge in [-0.25, -0.2) is 0 Å². The highest BCUT2D eigenvalue weighted by molar-refractivity contribution is 6.32. The fourth-order valence-electron chi connectivity index (χ4n) is 1.33. The fourth-order valence-corrected chi connectivity index (χ4v) is 1.33. The summed E-state index contributed by atoms with van der Waals surface area (Å²) in [6.45, 7) is 3.52. The van der Waals surface area contributed by atoms with Crippen LogP contribution in [0.25, 0.3) is 0 Å². The molecule has 0 bridgehead atoms. The quantitative estimate of drug-likeness (QED) is 0.636. The Balaban J connectivity index is 2.76. The highest BCUT2D eigenvalue weighted by atomic mass is 16.1. The van der Waals surface area contributed by atoms with Crippen LogP contribution in [-0.2, 0) is 4.79 Å². The molecule has 0 radical (unpaired) electrons. The second-order valence-electron chi connectivity index (χ2n) is 3.34. The number of nitrogens with one attached hydrogen (secondary N) is 1. The van der Waals surface area contributed by atoms with E-state index in [0.717, 1.165) is 5.56 Å². The van der Waals surface area contributed by atoms with Gasteiger partial charge in [-0.05, 0) is 12.5 Å². The van der Waals surface area contributed by atoms with Gasteiger partial charge in [0.1, 0.15) is 7.85 Å². The van der Waals surface area contributed by atoms with Gasteiger partial charge in [0, 0.05) is 6.92 Å². The van der Waals surface area contributed by atoms with Gasteiger partial charge in [0.15, 0.2) is 0 Å². The molecule has 68 valence electrons. The van der Waals surface area contributed by atoms with Crippen molar-refractivity contribution in [3.05, 3.63) is 29.8 Å². The lowest BCUT2D eigenvalue weighted by molar-refractivity contribution is -0.119. The van der Waals surface area contributed by atoms with Gasteiger partial charge in [-0.15, -0.1) is 0 Å². The standard InChI is InChI=1S/C10H14BNO/c1-7(12-8(2)13)9-4-3-5-10(11)6-9/h3-7H,11H2,1-2H3,(H,12,13). The molecule has 2 nitrogen and oxygen atoms in total. The van der Waals surface area contributed by atoms with E-state index in [9.17, 15) is 4.79 Å². The lowest BCUT2D eigenvalue weighted by Crippen LogP contribution is -2.24. The van der Waals surface area contributed by atoms with Gasteiger partial charge in [0.05, 0.1) is 6.04 Å². The zero-order valence-electron chi connectivity index (χ0n) is 8.29. The van der Waals surface area contributed by atoms with E-state index in [1.807, 2.05) is 33.0 Å². The lowest BCUT2D eigenvalue weighted by Gasteiger charge is -2.13. The van der Waals surface area contributed by atoms with Gasteiger partial charge in [-0.3, -0.25) is 4.79 Å². The lowest BCUT2D eigenvalue weighted by atomic mass is 9.93. The van der Waals surface area contributed by atoms with E-state index in [2.05, 4.69) is 11.4 Å². The molecule has 0 saturated heterocycles. The van der Waals surface area contributed by atoms with Crippen molar-refractivity contribution < 1.29 is 4.79 Å². The van der Waals surface area contributed by atoms with Crippen molar-refractivity contribution in [2.45, 2.75) is 19.9 Å². The summed E-state index contributed by atoms with van der Waals surface area (Å²) in [4.78, 5) is 10.8. The Bertz CT molecular complexity index is 312. The van der Waals surface area contributed by atoms with Crippen molar-refractivity contribution in [3.8, 4) is 0 Å². The second-order valence-corrected chi connectivity index (χ2v) is 3.34. The Morgan fingerprint density at radius 1 is 1.54 bits per heavy atom. The monoisotopic (exact) mass is 175 g/mol. The summed E-state index contributed by atoms with van der Waals surface area (Å²) in [5, 5.41) is 2.85. The van der Waals surface area contributed by atoms with Crippen LogP contribution in [0.15, 0.2) is 24.3 Å². The predicted molar refractivity (Wildman–Crippen MR) is 56.9 cm³/mol. The fraction of sp³-hybridized carbons (Fsp3) is 0.300. The minimum absolute atomic E-state index is 0.00834. The van der Waals surface area contributed by atoms with E-state index in [1.54, 1.807) is 0 Å². The zero-order valence-corrected chi connectivity index (χ0v) is 8.29. The SMILES string of the molecule is Bc1cccc(C(C)NC(C)=O)c1. The van der Waals surface area contributed by atoms with Gasteiger partial charge in [-0.1, -0.05) is 29.7 Å². The number of amides is 1. The van der Waals surface area contributed by atoms with E-state index in [4.69, 9.17) is 0 Å². The van der Waals surface area contributed by atoms with Crippen molar-refractivity contribution in [1.82, 2.24) is 5.32 Å². The molecule has 0 aliphatic heterocycles. The maximum Gasteiger partial charge on any atom is 0.217 e. The van der Waals surface area contributed by atoms with E-state index in [1.165, 1.54) is 12.4 Å². The molecule has 13 heavy (non-hydrogen) atoms. The minimum Gasteiger partial charge on any atom is -0.350 e. The summed E-state index contributed by atoms with van der Waals surface area (Å²) in [5.41, 5.74) is 2.37. The highest BCUT2D eigenvalue weighted by Gasteiger charge is 2.05. The van der Waals surface area contributed by atoms with Crippen molar-refractivity contribution in [2.24, 2.45) is 0 Å². The molecule has 0 fully saturated rings. The summed E-state index contributed by atoms with van der Waals surface area (Å²) in [6, 6.07) is 8.25. The average molecular weight is 175 g/mol. The third kappa shape index (κ3) is 2.94. The van der Waals surface area contributed by atoms with Gasteiger partial charge in [0.25, 0.3) is 0 Å². The molecular formula is C10H14BNO. The number of carbonyl (C=O) groups is 1. The van der Waals surface area contributed by atoms with Crippen LogP contribution in [0.3, 0.4) is 0 Å². The van der Waals surface area contributed by atoms with Crippen LogP contribution in [0.4, 0.5) is 0 Å². The summed E-state index contributed by atoms with van der Waals surface area (Å²) in [5.74, 6) is 0.00834. The van der Waals surface area contributed by atoms with Gasteiger partial charge in [0.2, 0.25) is 5.91 Å². The molecule has 1 atom stereocenters. The van der Waals surface area contributed by atoms with Crippen molar-refractivity contribution >= 4 is 19.2 Å². The van der Waals surface area contributed by atoms with Gasteiger partial charge in [-0.2, -0.15) is 0 Å². The Kier molecular flexibility index (Phi) is 3.12. The molecule has 0 saturated carbocycles. The Hall–Kier alpha value is -1.25. The van der Waals surface area contributed by atoms with Crippen LogP contribution in [0.5, 0.6) is 0 Å². The van der Waals surface area contributed by atoms with E-state index < -0.39 is 0 Å². The maximum atomic E-state index is 10.8. The summed E-state index contributed by atoms with van der Waals surface area (Å²) < 4.78 is 0. The molecule has 1 amide bonds. The first-order valence-corrected chi connectivity index (χ1v) is 4.43. The average Bonchev–Trinajstić information content (AvgIpc) is 2.03. The van der Waals surface area contributed by atoms with Crippen LogP contribution in [-0.4, -0.2) is 13.8 Å². The smallest absolute Gasteiger partial charge is 0.217 e. The van der Waals surface area contributed by atoms with Crippen molar-refractivity contribution in [2.75, 3.05) is 0 Å². The van der Waals surface area contributed by atoms with E-state index in [0.29, 0.717) is 0 Å². The van der Waals surface area contributed by atoms with E-state index in [-0.39, 0.29) is 11.9 Å². The molecule has 3 heteroatoms. The Labute approximate surface area is 79.8 Å². The normalized spacial score (nSPS) is 12.2. The molecule has 1 unspecified atom stereocenters. The zero-order chi connectivity index (χ0) is 9.84. The van der Waals surface area contributed by atoms with Gasteiger partial charge < -0.3 is 5.32 Å². The third-order valence-corrected chi connectivity index (χ3v) is 1.96. The number of rotatable bonds is 2. The van der Waals surface area contributed by atoms with Crippen molar-refractivity contribution in [1.29, 1.82) is 0 Å². The van der Waals surface area contributed by atoms with Crippen LogP contribution in [0.1, 0.15) is 25.5 Å². The molecule has 1 aromatic rings. The highest BCUT2D eigenvalue weighted by Crippen LogP contribution is 2.09. The van der Waals surface area contributed by atoms with Crippen LogP contribution >= 0.6 is 0 Å². The first-order chi connectivity index (χ1) is 6.09. The molecule has 0 spiro atoms. The Morgan fingerprint density at radius 2 is 2.23 bits per heavy atom. The Morgan fingerprint density at radius 3 is 2.77 bits per heavy atom. The second kappa shape index (κ2) is 4.12. The third-order valence-electron chi connectivity index (χ3n) is 1.96. The van der Waals surface area contributed by atoms with Gasteiger partial charge >= 0.3 is 0 Å². The molecule has 0 aliphatic rings. The molecule has 1 N–H and O–H groups in total. The van der Waals surface area contributed by atoms with Crippen LogP contribution in [0, 0.1) is 0 Å². The molecule has 0 aromatic heterocycles. The van der Waals surface area contributed by atoms with E-state index >= 15 is 0 Å². The molecule has 1 aromatic carbocycles. The molecule has 1 rings (SSSR count). The number of hydrogen-bond acceptors (Lipinski definition) is 1. The predicted octanol–water partition coefficient (Wildman–Crippen LogP) is 0.142. The number of carbonyl (C=O) groups excluding carboxylic acids is 1.